The van der Waals surface area contributed by atoms with Crippen LogP contribution in [0.4, 0.5) is 0 Å². The van der Waals surface area contributed by atoms with E-state index in [9.17, 15) is 8.42 Å². The largest absolute Gasteiger partial charge is 0.250 e. The number of sulfonamides is 1. The molecule has 0 saturated heterocycles. The van der Waals surface area contributed by atoms with E-state index >= 15 is 0 Å². The van der Waals surface area contributed by atoms with E-state index in [1.165, 1.54) is 62.7 Å². The summed E-state index contributed by atoms with van der Waals surface area (Å²) in [6.07, 6.45) is 12.6. The van der Waals surface area contributed by atoms with Crippen molar-refractivity contribution < 1.29 is 8.42 Å². The van der Waals surface area contributed by atoms with Gasteiger partial charge >= 0.3 is 0 Å². The van der Waals surface area contributed by atoms with Gasteiger partial charge in [0.2, 0.25) is 10.0 Å². The molecule has 0 aliphatic carbocycles. The molecule has 1 aromatic rings. The lowest BCUT2D eigenvalue weighted by Gasteiger charge is -2.05. The van der Waals surface area contributed by atoms with E-state index in [4.69, 9.17) is 0 Å². The summed E-state index contributed by atoms with van der Waals surface area (Å²) < 4.78 is 26.8. The summed E-state index contributed by atoms with van der Waals surface area (Å²) in [5, 5.41) is 1.79. The molecule has 0 aliphatic heterocycles. The Labute approximate surface area is 134 Å². The van der Waals surface area contributed by atoms with Crippen molar-refractivity contribution in [3.8, 4) is 0 Å². The third-order valence-electron chi connectivity index (χ3n) is 3.58. The molecule has 0 atom stereocenters. The summed E-state index contributed by atoms with van der Waals surface area (Å²) in [7, 11) is -3.26. The number of rotatable bonds is 13. The summed E-state index contributed by atoms with van der Waals surface area (Å²) >= 11 is 1.26. The molecule has 5 heteroatoms. The standard InChI is InChI=1S/C16H29NO2S2/c1-2-3-4-5-6-7-8-9-10-11-14-17-21(18,19)16-13-12-15-20-16/h12-13,15,17H,2-11,14H2,1H3. The Kier molecular flexibility index (Phi) is 9.96. The maximum absolute atomic E-state index is 11.9. The fraction of sp³-hybridized carbons (Fsp3) is 0.750. The van der Waals surface area contributed by atoms with Gasteiger partial charge in [-0.15, -0.1) is 11.3 Å². The van der Waals surface area contributed by atoms with Gasteiger partial charge in [0.1, 0.15) is 4.21 Å². The quantitative estimate of drug-likeness (QED) is 0.520. The molecule has 0 aliphatic rings. The smallest absolute Gasteiger partial charge is 0.210 e. The number of unbranched alkanes of at least 4 members (excludes halogenated alkanes) is 9. The van der Waals surface area contributed by atoms with Crippen molar-refractivity contribution in [3.05, 3.63) is 17.5 Å². The fourth-order valence-electron chi connectivity index (χ4n) is 2.31. The van der Waals surface area contributed by atoms with Gasteiger partial charge in [0.25, 0.3) is 0 Å². The minimum Gasteiger partial charge on any atom is -0.210 e. The molecule has 3 nitrogen and oxygen atoms in total. The third kappa shape index (κ3) is 8.59. The highest BCUT2D eigenvalue weighted by Crippen LogP contribution is 2.15. The number of hydrogen-bond acceptors (Lipinski definition) is 3. The highest BCUT2D eigenvalue weighted by atomic mass is 32.2. The van der Waals surface area contributed by atoms with Crippen LogP contribution in [-0.2, 0) is 10.0 Å². The first-order valence-electron chi connectivity index (χ1n) is 8.20. The van der Waals surface area contributed by atoms with Gasteiger partial charge in [-0.1, -0.05) is 70.8 Å². The van der Waals surface area contributed by atoms with Gasteiger partial charge in [0.05, 0.1) is 0 Å². The van der Waals surface area contributed by atoms with Crippen molar-refractivity contribution in [2.45, 2.75) is 75.3 Å². The molecule has 1 rings (SSSR count). The van der Waals surface area contributed by atoms with E-state index in [-0.39, 0.29) is 0 Å². The summed E-state index contributed by atoms with van der Waals surface area (Å²) in [4.78, 5) is 0. The Bertz CT molecular complexity index is 441. The van der Waals surface area contributed by atoms with Crippen LogP contribution in [0.25, 0.3) is 0 Å². The van der Waals surface area contributed by atoms with Crippen molar-refractivity contribution in [2.75, 3.05) is 6.54 Å². The highest BCUT2D eigenvalue weighted by Gasteiger charge is 2.13. The normalized spacial score (nSPS) is 11.9. The van der Waals surface area contributed by atoms with Crippen molar-refractivity contribution in [2.24, 2.45) is 0 Å². The molecule has 0 amide bonds. The summed E-state index contributed by atoms with van der Waals surface area (Å²) in [6.45, 7) is 2.80. The van der Waals surface area contributed by atoms with Crippen LogP contribution in [0.1, 0.15) is 71.1 Å². The maximum atomic E-state index is 11.9. The van der Waals surface area contributed by atoms with Crippen LogP contribution >= 0.6 is 11.3 Å². The van der Waals surface area contributed by atoms with E-state index in [0.717, 1.165) is 12.8 Å². The molecule has 0 fully saturated rings. The summed E-state index contributed by atoms with van der Waals surface area (Å²) in [6, 6.07) is 3.41. The highest BCUT2D eigenvalue weighted by molar-refractivity contribution is 7.91. The first-order chi connectivity index (χ1) is 10.2. The Morgan fingerprint density at radius 1 is 0.952 bits per heavy atom. The van der Waals surface area contributed by atoms with Gasteiger partial charge in [0.15, 0.2) is 0 Å². The zero-order chi connectivity index (χ0) is 15.4. The van der Waals surface area contributed by atoms with Gasteiger partial charge in [-0.2, -0.15) is 0 Å². The second-order valence-corrected chi connectivity index (χ2v) is 8.45. The van der Waals surface area contributed by atoms with Crippen molar-refractivity contribution in [1.29, 1.82) is 0 Å². The Balaban J connectivity index is 1.93. The minimum atomic E-state index is -3.26. The predicted octanol–water partition coefficient (Wildman–Crippen LogP) is 4.95. The molecule has 122 valence electrons. The first kappa shape index (κ1) is 18.7. The van der Waals surface area contributed by atoms with Gasteiger partial charge in [-0.3, -0.25) is 0 Å². The lowest BCUT2D eigenvalue weighted by atomic mass is 10.1. The summed E-state index contributed by atoms with van der Waals surface area (Å²) in [5.41, 5.74) is 0. The van der Waals surface area contributed by atoms with Crippen LogP contribution in [0.3, 0.4) is 0 Å². The summed E-state index contributed by atoms with van der Waals surface area (Å²) in [5.74, 6) is 0. The first-order valence-corrected chi connectivity index (χ1v) is 10.6. The molecule has 0 radical (unpaired) electrons. The Hall–Kier alpha value is -0.390. The van der Waals surface area contributed by atoms with E-state index < -0.39 is 10.0 Å². The number of thiophene rings is 1. The van der Waals surface area contributed by atoms with Crippen LogP contribution in [0.2, 0.25) is 0 Å². The molecule has 0 saturated carbocycles. The van der Waals surface area contributed by atoms with Crippen LogP contribution in [0.5, 0.6) is 0 Å². The minimum absolute atomic E-state index is 0.412. The van der Waals surface area contributed by atoms with Gasteiger partial charge in [-0.05, 0) is 17.9 Å². The average Bonchev–Trinajstić information content (AvgIpc) is 3.00. The van der Waals surface area contributed by atoms with Crippen LogP contribution < -0.4 is 4.72 Å². The van der Waals surface area contributed by atoms with Crippen molar-refractivity contribution in [3.63, 3.8) is 0 Å². The SMILES string of the molecule is CCCCCCCCCCCCNS(=O)(=O)c1cccs1. The van der Waals surface area contributed by atoms with Gasteiger partial charge in [0, 0.05) is 6.54 Å². The van der Waals surface area contributed by atoms with Gasteiger partial charge < -0.3 is 0 Å². The van der Waals surface area contributed by atoms with Crippen molar-refractivity contribution >= 4 is 21.4 Å². The molecular weight excluding hydrogens is 302 g/mol. The number of nitrogens with one attached hydrogen (secondary N) is 1. The Morgan fingerprint density at radius 3 is 2.05 bits per heavy atom. The molecule has 0 unspecified atom stereocenters. The maximum Gasteiger partial charge on any atom is 0.250 e. The van der Waals surface area contributed by atoms with Crippen LogP contribution in [0.15, 0.2) is 21.7 Å². The van der Waals surface area contributed by atoms with Crippen LogP contribution in [0, 0.1) is 0 Å². The fourth-order valence-corrected chi connectivity index (χ4v) is 4.42. The monoisotopic (exact) mass is 331 g/mol. The van der Waals surface area contributed by atoms with E-state index in [0.29, 0.717) is 10.8 Å². The molecule has 0 bridgehead atoms. The zero-order valence-electron chi connectivity index (χ0n) is 13.1. The lowest BCUT2D eigenvalue weighted by molar-refractivity contribution is 0.549. The van der Waals surface area contributed by atoms with E-state index in [2.05, 4.69) is 11.6 Å². The molecule has 0 spiro atoms. The zero-order valence-corrected chi connectivity index (χ0v) is 14.8. The third-order valence-corrected chi connectivity index (χ3v) is 6.44. The Morgan fingerprint density at radius 2 is 1.52 bits per heavy atom. The number of hydrogen-bond donors (Lipinski definition) is 1. The molecule has 0 aromatic carbocycles. The van der Waals surface area contributed by atoms with E-state index in [1.54, 1.807) is 17.5 Å². The lowest BCUT2D eigenvalue weighted by Crippen LogP contribution is -2.23. The van der Waals surface area contributed by atoms with Crippen molar-refractivity contribution in [1.82, 2.24) is 4.72 Å². The average molecular weight is 332 g/mol. The van der Waals surface area contributed by atoms with E-state index in [1.807, 2.05) is 0 Å². The second-order valence-electron chi connectivity index (χ2n) is 5.51. The predicted molar refractivity (Wildman–Crippen MR) is 91.4 cm³/mol. The topological polar surface area (TPSA) is 46.2 Å². The molecular formula is C16H29NO2S2. The molecule has 1 aromatic heterocycles. The molecule has 1 N–H and O–H groups in total. The molecule has 1 heterocycles. The van der Waals surface area contributed by atoms with Gasteiger partial charge in [-0.25, -0.2) is 13.1 Å². The van der Waals surface area contributed by atoms with Crippen LogP contribution in [-0.4, -0.2) is 15.0 Å². The molecule has 21 heavy (non-hydrogen) atoms. The second kappa shape index (κ2) is 11.2.